The van der Waals surface area contributed by atoms with E-state index < -0.39 is 5.54 Å². The van der Waals surface area contributed by atoms with Crippen LogP contribution in [0.3, 0.4) is 0 Å². The maximum atomic E-state index is 8.98. The second-order valence-electron chi connectivity index (χ2n) is 4.14. The van der Waals surface area contributed by atoms with E-state index in [0.717, 1.165) is 6.42 Å². The third-order valence-corrected chi connectivity index (χ3v) is 2.32. The minimum Gasteiger partial charge on any atom is -0.396 e. The fourth-order valence-electron chi connectivity index (χ4n) is 1.22. The van der Waals surface area contributed by atoms with Crippen molar-refractivity contribution >= 4 is 0 Å². The van der Waals surface area contributed by atoms with E-state index in [9.17, 15) is 0 Å². The predicted octanol–water partition coefficient (Wildman–Crippen LogP) is 1.65. The van der Waals surface area contributed by atoms with Crippen molar-refractivity contribution in [3.8, 4) is 6.07 Å². The highest BCUT2D eigenvalue weighted by atomic mass is 16.3. The minimum absolute atomic E-state index is 0.0222. The molecule has 0 aliphatic heterocycles. The molecule has 0 aliphatic rings. The van der Waals surface area contributed by atoms with E-state index in [-0.39, 0.29) is 19.3 Å². The van der Waals surface area contributed by atoms with Crippen LogP contribution in [0.2, 0.25) is 0 Å². The fraction of sp³-hybridized carbons (Fsp3) is 0.909. The Bertz CT molecular complexity index is 250. The summed E-state index contributed by atoms with van der Waals surface area (Å²) in [7, 11) is 0. The molecule has 0 fully saturated rings. The molecule has 0 spiro atoms. The topological polar surface area (TPSA) is 89.0 Å². The van der Waals surface area contributed by atoms with E-state index in [1.165, 1.54) is 0 Å². The van der Waals surface area contributed by atoms with Crippen molar-refractivity contribution < 1.29 is 10.2 Å². The number of aliphatic hydroxyl groups excluding tert-OH is 2. The second-order valence-corrected chi connectivity index (χ2v) is 4.14. The van der Waals surface area contributed by atoms with Crippen LogP contribution in [0.25, 0.3) is 0 Å². The van der Waals surface area contributed by atoms with Gasteiger partial charge in [0.25, 0.3) is 0 Å². The summed E-state index contributed by atoms with van der Waals surface area (Å²) in [5.41, 5.74) is -0.837. The number of aliphatic hydroxyl groups is 2. The fourth-order valence-corrected chi connectivity index (χ4v) is 1.22. The van der Waals surface area contributed by atoms with Gasteiger partial charge in [0, 0.05) is 13.2 Å². The van der Waals surface area contributed by atoms with Gasteiger partial charge in [0.2, 0.25) is 0 Å². The average Bonchev–Trinajstić information content (AvgIpc) is 2.31. The van der Waals surface area contributed by atoms with Crippen molar-refractivity contribution in [3.63, 3.8) is 0 Å². The highest BCUT2D eigenvalue weighted by molar-refractivity contribution is 5.02. The number of azo groups is 1. The summed E-state index contributed by atoms with van der Waals surface area (Å²) in [5, 5.41) is 34.4. The number of nitriles is 1. The largest absolute Gasteiger partial charge is 0.396 e. The zero-order chi connectivity index (χ0) is 12.4. The van der Waals surface area contributed by atoms with Crippen LogP contribution < -0.4 is 0 Å². The van der Waals surface area contributed by atoms with Crippen LogP contribution >= 0.6 is 0 Å². The molecule has 0 aromatic heterocycles. The maximum Gasteiger partial charge on any atom is 0.164 e. The standard InChI is InChI=1S/C11H21N3O2/c1-10(5-3-7-15)13-14-11(2,9-12)6-4-8-16/h10,15-16H,3-8H2,1-2H3/b14-13+. The summed E-state index contributed by atoms with van der Waals surface area (Å²) in [6, 6.07) is 2.13. The molecule has 2 N–H and O–H groups in total. The highest BCUT2D eigenvalue weighted by Crippen LogP contribution is 2.18. The Balaban J connectivity index is 4.19. The van der Waals surface area contributed by atoms with Gasteiger partial charge in [0.1, 0.15) is 0 Å². The van der Waals surface area contributed by atoms with E-state index in [2.05, 4.69) is 16.3 Å². The molecule has 92 valence electrons. The lowest BCUT2D eigenvalue weighted by Gasteiger charge is -2.15. The molecule has 0 heterocycles. The maximum absolute atomic E-state index is 8.98. The zero-order valence-corrected chi connectivity index (χ0v) is 10.1. The molecule has 0 amide bonds. The number of rotatable bonds is 8. The molecule has 2 unspecified atom stereocenters. The Morgan fingerprint density at radius 2 is 1.94 bits per heavy atom. The Labute approximate surface area is 96.8 Å². The van der Waals surface area contributed by atoms with E-state index >= 15 is 0 Å². The van der Waals surface area contributed by atoms with E-state index in [1.54, 1.807) is 6.92 Å². The highest BCUT2D eigenvalue weighted by Gasteiger charge is 2.22. The second kappa shape index (κ2) is 8.20. The third kappa shape index (κ3) is 6.49. The normalized spacial score (nSPS) is 16.9. The summed E-state index contributed by atoms with van der Waals surface area (Å²) < 4.78 is 0. The first-order valence-corrected chi connectivity index (χ1v) is 5.63. The SMILES string of the molecule is CC(CCCO)/N=N/C(C)(C#N)CCCO. The summed E-state index contributed by atoms with van der Waals surface area (Å²) in [5.74, 6) is 0. The molecule has 0 rings (SSSR count). The first kappa shape index (κ1) is 15.0. The minimum atomic E-state index is -0.837. The smallest absolute Gasteiger partial charge is 0.164 e. The monoisotopic (exact) mass is 227 g/mol. The van der Waals surface area contributed by atoms with Gasteiger partial charge in [-0.15, -0.1) is 0 Å². The Morgan fingerprint density at radius 3 is 2.44 bits per heavy atom. The Morgan fingerprint density at radius 1 is 1.31 bits per heavy atom. The van der Waals surface area contributed by atoms with E-state index in [0.29, 0.717) is 19.3 Å². The van der Waals surface area contributed by atoms with Crippen molar-refractivity contribution in [2.45, 2.75) is 51.1 Å². The van der Waals surface area contributed by atoms with Crippen LogP contribution in [0.15, 0.2) is 10.2 Å². The van der Waals surface area contributed by atoms with Gasteiger partial charge in [-0.25, -0.2) is 0 Å². The van der Waals surface area contributed by atoms with Gasteiger partial charge in [0.05, 0.1) is 12.1 Å². The van der Waals surface area contributed by atoms with Gasteiger partial charge in [-0.05, 0) is 39.5 Å². The van der Waals surface area contributed by atoms with Gasteiger partial charge < -0.3 is 10.2 Å². The lowest BCUT2D eigenvalue weighted by Crippen LogP contribution is -2.19. The van der Waals surface area contributed by atoms with Gasteiger partial charge in [-0.3, -0.25) is 0 Å². The van der Waals surface area contributed by atoms with Crippen LogP contribution in [0.1, 0.15) is 39.5 Å². The van der Waals surface area contributed by atoms with Crippen molar-refractivity contribution in [1.29, 1.82) is 5.26 Å². The summed E-state index contributed by atoms with van der Waals surface area (Å²) >= 11 is 0. The molecule has 16 heavy (non-hydrogen) atoms. The van der Waals surface area contributed by atoms with Crippen LogP contribution in [-0.4, -0.2) is 35.0 Å². The molecule has 5 nitrogen and oxygen atoms in total. The number of nitrogens with zero attached hydrogens (tertiary/aromatic N) is 3. The van der Waals surface area contributed by atoms with Crippen molar-refractivity contribution in [1.82, 2.24) is 0 Å². The molecule has 0 radical (unpaired) electrons. The predicted molar refractivity (Wildman–Crippen MR) is 61.0 cm³/mol. The Hall–Kier alpha value is -0.990. The number of hydrogen-bond acceptors (Lipinski definition) is 5. The lowest BCUT2D eigenvalue weighted by molar-refractivity contribution is 0.271. The Kier molecular flexibility index (Phi) is 7.69. The van der Waals surface area contributed by atoms with Gasteiger partial charge >= 0.3 is 0 Å². The first-order valence-electron chi connectivity index (χ1n) is 5.63. The van der Waals surface area contributed by atoms with Crippen molar-refractivity contribution in [3.05, 3.63) is 0 Å². The molecule has 0 aromatic carbocycles. The molecule has 0 aliphatic carbocycles. The summed E-state index contributed by atoms with van der Waals surface area (Å²) in [4.78, 5) is 0. The van der Waals surface area contributed by atoms with Crippen LogP contribution in [0, 0.1) is 11.3 Å². The quantitative estimate of drug-likeness (QED) is 0.618. The molecule has 0 saturated carbocycles. The molecular formula is C11H21N3O2. The molecule has 0 saturated heterocycles. The van der Waals surface area contributed by atoms with E-state index in [1.807, 2.05) is 6.92 Å². The van der Waals surface area contributed by atoms with Crippen molar-refractivity contribution in [2.24, 2.45) is 10.2 Å². The first-order chi connectivity index (χ1) is 7.58. The zero-order valence-electron chi connectivity index (χ0n) is 10.1. The van der Waals surface area contributed by atoms with Crippen LogP contribution in [-0.2, 0) is 0 Å². The molecular weight excluding hydrogens is 206 g/mol. The van der Waals surface area contributed by atoms with Gasteiger partial charge in [-0.1, -0.05) is 0 Å². The molecule has 0 bridgehead atoms. The molecule has 2 atom stereocenters. The summed E-state index contributed by atoms with van der Waals surface area (Å²) in [6.07, 6.45) is 2.52. The molecule has 0 aromatic rings. The van der Waals surface area contributed by atoms with Crippen LogP contribution in [0.5, 0.6) is 0 Å². The van der Waals surface area contributed by atoms with E-state index in [4.69, 9.17) is 15.5 Å². The van der Waals surface area contributed by atoms with Gasteiger partial charge in [-0.2, -0.15) is 15.5 Å². The van der Waals surface area contributed by atoms with Crippen molar-refractivity contribution in [2.75, 3.05) is 13.2 Å². The lowest BCUT2D eigenvalue weighted by atomic mass is 9.99. The molecule has 5 heteroatoms. The number of hydrogen-bond donors (Lipinski definition) is 2. The summed E-state index contributed by atoms with van der Waals surface area (Å²) in [6.45, 7) is 3.83. The third-order valence-electron chi connectivity index (χ3n) is 2.32. The average molecular weight is 227 g/mol. The van der Waals surface area contributed by atoms with Gasteiger partial charge in [0.15, 0.2) is 5.54 Å². The van der Waals surface area contributed by atoms with Crippen LogP contribution in [0.4, 0.5) is 0 Å².